The minimum Gasteiger partial charge on any atom is -0.352 e. The van der Waals surface area contributed by atoms with E-state index in [0.717, 1.165) is 24.3 Å². The van der Waals surface area contributed by atoms with E-state index in [-0.39, 0.29) is 5.91 Å². The molecule has 0 fully saturated rings. The Morgan fingerprint density at radius 3 is 2.52 bits per heavy atom. The molecule has 2 aromatic rings. The van der Waals surface area contributed by atoms with Gasteiger partial charge in [0, 0.05) is 22.8 Å². The molecule has 1 amide bonds. The summed E-state index contributed by atoms with van der Waals surface area (Å²) in [4.78, 5) is 13.5. The van der Waals surface area contributed by atoms with E-state index in [0.29, 0.717) is 0 Å². The molecule has 1 N–H and O–H groups in total. The first-order valence-corrected chi connectivity index (χ1v) is 10.0. The first kappa shape index (κ1) is 17.8. The number of thioether (sulfide) groups is 1. The molecule has 2 aromatic carbocycles. The third-order valence-electron chi connectivity index (χ3n) is 4.48. The largest absolute Gasteiger partial charge is 0.352 e. The highest BCUT2D eigenvalue weighted by molar-refractivity contribution is 7.98. The number of carbonyl (C=O) groups is 1. The van der Waals surface area contributed by atoms with Crippen LogP contribution in [0.3, 0.4) is 0 Å². The van der Waals surface area contributed by atoms with E-state index in [1.54, 1.807) is 0 Å². The van der Waals surface area contributed by atoms with Crippen LogP contribution in [0.15, 0.2) is 71.1 Å². The molecule has 0 aromatic heterocycles. The molecule has 2 nitrogen and oxygen atoms in total. The standard InChI is InChI=1S/C22H25NOS/c24-22(23-16-15-18-7-3-1-4-8-18)20-13-11-19(12-14-20)17-25-21-9-5-2-6-10-21/h2,5-7,9-14H,1,3-4,8,15-17H2,(H,23,24). The zero-order valence-corrected chi connectivity index (χ0v) is 15.4. The van der Waals surface area contributed by atoms with Crippen molar-refractivity contribution in [3.05, 3.63) is 77.4 Å². The third-order valence-corrected chi connectivity index (χ3v) is 5.56. The van der Waals surface area contributed by atoms with E-state index in [2.05, 4.69) is 47.8 Å². The SMILES string of the molecule is O=C(NCCC1=CCCCC1)c1ccc(CSc2ccccc2)cc1. The topological polar surface area (TPSA) is 29.1 Å². The molecule has 25 heavy (non-hydrogen) atoms. The quantitative estimate of drug-likeness (QED) is 0.520. The van der Waals surface area contributed by atoms with Crippen molar-refractivity contribution in [2.24, 2.45) is 0 Å². The van der Waals surface area contributed by atoms with Crippen molar-refractivity contribution in [2.75, 3.05) is 6.54 Å². The van der Waals surface area contributed by atoms with Crippen molar-refractivity contribution in [1.29, 1.82) is 0 Å². The number of carbonyl (C=O) groups excluding carboxylic acids is 1. The van der Waals surface area contributed by atoms with Gasteiger partial charge in [-0.15, -0.1) is 11.8 Å². The lowest BCUT2D eigenvalue weighted by atomic mass is 9.97. The van der Waals surface area contributed by atoms with Gasteiger partial charge in [-0.2, -0.15) is 0 Å². The number of hydrogen-bond donors (Lipinski definition) is 1. The van der Waals surface area contributed by atoms with Crippen LogP contribution in [0.5, 0.6) is 0 Å². The lowest BCUT2D eigenvalue weighted by Gasteiger charge is -2.13. The van der Waals surface area contributed by atoms with Gasteiger partial charge < -0.3 is 5.32 Å². The second-order valence-corrected chi connectivity index (χ2v) is 7.46. The van der Waals surface area contributed by atoms with Gasteiger partial charge in [-0.05, 0) is 61.9 Å². The van der Waals surface area contributed by atoms with Gasteiger partial charge in [0.15, 0.2) is 0 Å². The van der Waals surface area contributed by atoms with Crippen molar-refractivity contribution in [3.63, 3.8) is 0 Å². The smallest absolute Gasteiger partial charge is 0.251 e. The Morgan fingerprint density at radius 2 is 1.80 bits per heavy atom. The molecule has 1 aliphatic rings. The first-order chi connectivity index (χ1) is 12.3. The highest BCUT2D eigenvalue weighted by Gasteiger charge is 2.07. The molecule has 0 heterocycles. The molecule has 0 spiro atoms. The van der Waals surface area contributed by atoms with Crippen LogP contribution in [0.4, 0.5) is 0 Å². The van der Waals surface area contributed by atoms with Crippen LogP contribution in [0.2, 0.25) is 0 Å². The molecule has 0 unspecified atom stereocenters. The van der Waals surface area contributed by atoms with Gasteiger partial charge >= 0.3 is 0 Å². The second-order valence-electron chi connectivity index (χ2n) is 6.41. The summed E-state index contributed by atoms with van der Waals surface area (Å²) in [5.74, 6) is 0.943. The van der Waals surface area contributed by atoms with Crippen LogP contribution in [0.25, 0.3) is 0 Å². The van der Waals surface area contributed by atoms with Gasteiger partial charge in [-0.3, -0.25) is 4.79 Å². The number of amides is 1. The van der Waals surface area contributed by atoms with Crippen molar-refractivity contribution in [3.8, 4) is 0 Å². The Hall–Kier alpha value is -2.00. The van der Waals surface area contributed by atoms with E-state index >= 15 is 0 Å². The van der Waals surface area contributed by atoms with Gasteiger partial charge in [-0.1, -0.05) is 42.0 Å². The summed E-state index contributed by atoms with van der Waals surface area (Å²) in [6.07, 6.45) is 8.33. The summed E-state index contributed by atoms with van der Waals surface area (Å²) in [5.41, 5.74) is 3.48. The maximum absolute atomic E-state index is 12.2. The molecule has 130 valence electrons. The lowest BCUT2D eigenvalue weighted by molar-refractivity contribution is 0.0954. The maximum atomic E-state index is 12.2. The van der Waals surface area contributed by atoms with E-state index in [1.165, 1.54) is 41.7 Å². The van der Waals surface area contributed by atoms with Crippen molar-refractivity contribution in [2.45, 2.75) is 42.8 Å². The van der Waals surface area contributed by atoms with E-state index in [9.17, 15) is 4.79 Å². The van der Waals surface area contributed by atoms with Crippen molar-refractivity contribution in [1.82, 2.24) is 5.32 Å². The summed E-state index contributed by atoms with van der Waals surface area (Å²) >= 11 is 1.81. The fraction of sp³-hybridized carbons (Fsp3) is 0.318. The maximum Gasteiger partial charge on any atom is 0.251 e. The van der Waals surface area contributed by atoms with Crippen LogP contribution in [-0.4, -0.2) is 12.5 Å². The predicted molar refractivity (Wildman–Crippen MR) is 106 cm³/mol. The van der Waals surface area contributed by atoms with Crippen LogP contribution >= 0.6 is 11.8 Å². The van der Waals surface area contributed by atoms with Crippen LogP contribution in [-0.2, 0) is 5.75 Å². The number of rotatable bonds is 7. The van der Waals surface area contributed by atoms with Crippen LogP contribution in [0, 0.1) is 0 Å². The molecule has 1 aliphatic carbocycles. The van der Waals surface area contributed by atoms with E-state index < -0.39 is 0 Å². The Balaban J connectivity index is 1.44. The Labute approximate surface area is 154 Å². The molecular formula is C22H25NOS. The molecule has 0 bridgehead atoms. The number of hydrogen-bond acceptors (Lipinski definition) is 2. The molecule has 0 atom stereocenters. The average molecular weight is 352 g/mol. The highest BCUT2D eigenvalue weighted by Crippen LogP contribution is 2.22. The average Bonchev–Trinajstić information content (AvgIpc) is 2.68. The molecule has 0 radical (unpaired) electrons. The zero-order chi connectivity index (χ0) is 17.3. The van der Waals surface area contributed by atoms with Gasteiger partial charge in [0.05, 0.1) is 0 Å². The fourth-order valence-electron chi connectivity index (χ4n) is 3.01. The summed E-state index contributed by atoms with van der Waals surface area (Å²) in [6.45, 7) is 0.732. The minimum atomic E-state index is 0.0265. The molecule has 0 saturated carbocycles. The minimum absolute atomic E-state index is 0.0265. The number of allylic oxidation sites excluding steroid dienone is 1. The zero-order valence-electron chi connectivity index (χ0n) is 14.5. The van der Waals surface area contributed by atoms with Crippen LogP contribution < -0.4 is 5.32 Å². The molecule has 3 heteroatoms. The number of benzene rings is 2. The Kier molecular flexibility index (Phi) is 6.75. The second kappa shape index (κ2) is 9.47. The van der Waals surface area contributed by atoms with Gasteiger partial charge in [0.25, 0.3) is 5.91 Å². The summed E-state index contributed by atoms with van der Waals surface area (Å²) in [6, 6.07) is 18.3. The molecule has 0 saturated heterocycles. The summed E-state index contributed by atoms with van der Waals surface area (Å²) < 4.78 is 0. The highest BCUT2D eigenvalue weighted by atomic mass is 32.2. The Morgan fingerprint density at radius 1 is 1.00 bits per heavy atom. The number of nitrogens with one attached hydrogen (secondary N) is 1. The van der Waals surface area contributed by atoms with Gasteiger partial charge in [0.2, 0.25) is 0 Å². The lowest BCUT2D eigenvalue weighted by Crippen LogP contribution is -2.24. The first-order valence-electron chi connectivity index (χ1n) is 9.04. The van der Waals surface area contributed by atoms with Gasteiger partial charge in [-0.25, -0.2) is 0 Å². The Bertz CT molecular complexity index is 707. The van der Waals surface area contributed by atoms with Crippen LogP contribution in [0.1, 0.15) is 48.0 Å². The van der Waals surface area contributed by atoms with Gasteiger partial charge in [0.1, 0.15) is 0 Å². The normalized spacial score (nSPS) is 14.0. The third kappa shape index (κ3) is 5.79. The summed E-state index contributed by atoms with van der Waals surface area (Å²) in [7, 11) is 0. The molecule has 0 aliphatic heterocycles. The van der Waals surface area contributed by atoms with Crippen molar-refractivity contribution < 1.29 is 4.79 Å². The molecular weight excluding hydrogens is 326 g/mol. The van der Waals surface area contributed by atoms with E-state index in [4.69, 9.17) is 0 Å². The van der Waals surface area contributed by atoms with Crippen molar-refractivity contribution >= 4 is 17.7 Å². The predicted octanol–water partition coefficient (Wildman–Crippen LogP) is 5.60. The fourth-order valence-corrected chi connectivity index (χ4v) is 3.88. The summed E-state index contributed by atoms with van der Waals surface area (Å²) in [5, 5.41) is 3.04. The van der Waals surface area contributed by atoms with E-state index in [1.807, 2.05) is 30.0 Å². The monoisotopic (exact) mass is 351 g/mol. The molecule has 3 rings (SSSR count).